The zero-order chi connectivity index (χ0) is 10.8. The third-order valence-corrected chi connectivity index (χ3v) is 3.50. The summed E-state index contributed by atoms with van der Waals surface area (Å²) in [6.45, 7) is 4.48. The van der Waals surface area contributed by atoms with E-state index in [0.717, 1.165) is 18.0 Å². The Morgan fingerprint density at radius 2 is 2.20 bits per heavy atom. The highest BCUT2D eigenvalue weighted by Gasteiger charge is 2.20. The van der Waals surface area contributed by atoms with Gasteiger partial charge in [-0.2, -0.15) is 0 Å². The molecule has 0 spiro atoms. The van der Waals surface area contributed by atoms with Crippen LogP contribution in [-0.4, -0.2) is 11.5 Å². The summed E-state index contributed by atoms with van der Waals surface area (Å²) in [6.07, 6.45) is 6.08. The first kappa shape index (κ1) is 10.6. The predicted molar refractivity (Wildman–Crippen MR) is 60.7 cm³/mol. The van der Waals surface area contributed by atoms with Crippen LogP contribution in [0.4, 0.5) is 0 Å². The van der Waals surface area contributed by atoms with Crippen LogP contribution in [0.3, 0.4) is 0 Å². The van der Waals surface area contributed by atoms with Crippen LogP contribution in [0, 0.1) is 5.92 Å². The average Bonchev–Trinajstić information content (AvgIpc) is 2.58. The number of rotatable bonds is 2. The molecule has 2 atom stereocenters. The van der Waals surface area contributed by atoms with Crippen LogP contribution in [0.15, 0.2) is 23.0 Å². The molecule has 2 aliphatic rings. The van der Waals surface area contributed by atoms with E-state index in [9.17, 15) is 5.11 Å². The average molecular weight is 208 g/mol. The molecule has 84 valence electrons. The maximum atomic E-state index is 9.24. The molecule has 0 amide bonds. The summed E-state index contributed by atoms with van der Waals surface area (Å²) in [5.41, 5.74) is 4.26. The van der Waals surface area contributed by atoms with Gasteiger partial charge in [0.25, 0.3) is 0 Å². The molecular weight excluding hydrogens is 188 g/mol. The predicted octanol–water partition coefficient (Wildman–Crippen LogP) is 1.82. The summed E-state index contributed by atoms with van der Waals surface area (Å²) >= 11 is 0. The van der Waals surface area contributed by atoms with Crippen molar-refractivity contribution in [2.75, 3.05) is 0 Å². The standard InChI is InChI=1S/C12H20N2O/c1-8-3-4-10(5-9(8)2)6-11-7-13-12(15)14-11/h7,10,12-15H,3-6H2,1-2H3. The van der Waals surface area contributed by atoms with Gasteiger partial charge in [0.15, 0.2) is 0 Å². The second-order valence-corrected chi connectivity index (χ2v) is 4.76. The second kappa shape index (κ2) is 4.27. The summed E-state index contributed by atoms with van der Waals surface area (Å²) in [6, 6.07) is 0. The lowest BCUT2D eigenvalue weighted by atomic mass is 9.83. The van der Waals surface area contributed by atoms with Crippen molar-refractivity contribution in [1.29, 1.82) is 0 Å². The minimum absolute atomic E-state index is 0.582. The molecule has 0 saturated carbocycles. The van der Waals surface area contributed by atoms with Gasteiger partial charge in [-0.05, 0) is 45.4 Å². The minimum atomic E-state index is -0.582. The van der Waals surface area contributed by atoms with Crippen molar-refractivity contribution in [2.45, 2.75) is 45.9 Å². The van der Waals surface area contributed by atoms with Crippen LogP contribution in [0.1, 0.15) is 39.5 Å². The number of aliphatic hydroxyl groups excluding tert-OH is 1. The molecule has 1 aliphatic carbocycles. The lowest BCUT2D eigenvalue weighted by Crippen LogP contribution is -2.31. The van der Waals surface area contributed by atoms with Crippen LogP contribution in [0.25, 0.3) is 0 Å². The number of aliphatic hydroxyl groups is 1. The normalized spacial score (nSPS) is 31.0. The zero-order valence-electron chi connectivity index (χ0n) is 9.51. The van der Waals surface area contributed by atoms with Crippen molar-refractivity contribution in [2.24, 2.45) is 5.92 Å². The van der Waals surface area contributed by atoms with Crippen LogP contribution in [-0.2, 0) is 0 Å². The van der Waals surface area contributed by atoms with Crippen LogP contribution >= 0.6 is 0 Å². The summed E-state index contributed by atoms with van der Waals surface area (Å²) in [5, 5.41) is 15.1. The quantitative estimate of drug-likeness (QED) is 0.607. The van der Waals surface area contributed by atoms with E-state index in [-0.39, 0.29) is 0 Å². The molecule has 3 N–H and O–H groups in total. The lowest BCUT2D eigenvalue weighted by molar-refractivity contribution is 0.139. The molecule has 0 aromatic carbocycles. The summed E-state index contributed by atoms with van der Waals surface area (Å²) in [4.78, 5) is 0. The Morgan fingerprint density at radius 1 is 1.40 bits per heavy atom. The van der Waals surface area contributed by atoms with E-state index in [2.05, 4.69) is 24.5 Å². The summed E-state index contributed by atoms with van der Waals surface area (Å²) in [5.74, 6) is 0.736. The number of hydrogen-bond donors (Lipinski definition) is 3. The first-order chi connectivity index (χ1) is 7.15. The van der Waals surface area contributed by atoms with Gasteiger partial charge in [0.2, 0.25) is 6.35 Å². The fourth-order valence-corrected chi connectivity index (χ4v) is 2.38. The molecule has 2 unspecified atom stereocenters. The third-order valence-electron chi connectivity index (χ3n) is 3.50. The zero-order valence-corrected chi connectivity index (χ0v) is 9.51. The Balaban J connectivity index is 1.87. The van der Waals surface area contributed by atoms with Gasteiger partial charge in [0.05, 0.1) is 0 Å². The Hall–Kier alpha value is -0.960. The molecule has 2 rings (SSSR count). The van der Waals surface area contributed by atoms with Crippen LogP contribution < -0.4 is 10.6 Å². The van der Waals surface area contributed by atoms with Crippen molar-refractivity contribution < 1.29 is 5.11 Å². The van der Waals surface area contributed by atoms with E-state index in [4.69, 9.17) is 0 Å². The topological polar surface area (TPSA) is 44.3 Å². The molecule has 0 radical (unpaired) electrons. The monoisotopic (exact) mass is 208 g/mol. The molecule has 0 aromatic rings. The van der Waals surface area contributed by atoms with E-state index in [0.29, 0.717) is 0 Å². The number of nitrogens with one attached hydrogen (secondary N) is 2. The molecule has 0 saturated heterocycles. The molecular formula is C12H20N2O. The van der Waals surface area contributed by atoms with Gasteiger partial charge in [0, 0.05) is 11.9 Å². The van der Waals surface area contributed by atoms with Gasteiger partial charge < -0.3 is 15.7 Å². The minimum Gasteiger partial charge on any atom is -0.357 e. The van der Waals surface area contributed by atoms with Crippen molar-refractivity contribution in [3.8, 4) is 0 Å². The molecule has 3 heteroatoms. The van der Waals surface area contributed by atoms with E-state index >= 15 is 0 Å². The maximum Gasteiger partial charge on any atom is 0.202 e. The molecule has 0 bridgehead atoms. The molecule has 0 fully saturated rings. The Labute approximate surface area is 91.3 Å². The molecule has 0 aromatic heterocycles. The van der Waals surface area contributed by atoms with E-state index in [1.807, 2.05) is 6.20 Å². The SMILES string of the molecule is CC1=C(C)CC(CC2=CNC(O)N2)CC1. The van der Waals surface area contributed by atoms with Gasteiger partial charge in [-0.15, -0.1) is 0 Å². The first-order valence-electron chi connectivity index (χ1n) is 5.70. The molecule has 1 aliphatic heterocycles. The van der Waals surface area contributed by atoms with Crippen molar-refractivity contribution >= 4 is 0 Å². The first-order valence-corrected chi connectivity index (χ1v) is 5.70. The van der Waals surface area contributed by atoms with E-state index < -0.39 is 6.35 Å². The maximum absolute atomic E-state index is 9.24. The molecule has 3 nitrogen and oxygen atoms in total. The van der Waals surface area contributed by atoms with Crippen molar-refractivity contribution in [3.63, 3.8) is 0 Å². The third kappa shape index (κ3) is 2.53. The Bertz CT molecular complexity index is 307. The van der Waals surface area contributed by atoms with Crippen molar-refractivity contribution in [1.82, 2.24) is 10.6 Å². The fraction of sp³-hybridized carbons (Fsp3) is 0.667. The van der Waals surface area contributed by atoms with Gasteiger partial charge >= 0.3 is 0 Å². The Kier molecular flexibility index (Phi) is 3.00. The van der Waals surface area contributed by atoms with E-state index in [1.54, 1.807) is 11.1 Å². The highest BCUT2D eigenvalue weighted by molar-refractivity contribution is 5.15. The largest absolute Gasteiger partial charge is 0.357 e. The second-order valence-electron chi connectivity index (χ2n) is 4.76. The van der Waals surface area contributed by atoms with Gasteiger partial charge in [-0.25, -0.2) is 0 Å². The molecule has 1 heterocycles. The summed E-state index contributed by atoms with van der Waals surface area (Å²) in [7, 11) is 0. The van der Waals surface area contributed by atoms with Gasteiger partial charge in [-0.1, -0.05) is 11.1 Å². The fourth-order valence-electron chi connectivity index (χ4n) is 2.38. The van der Waals surface area contributed by atoms with Crippen LogP contribution in [0.5, 0.6) is 0 Å². The highest BCUT2D eigenvalue weighted by atomic mass is 16.3. The number of allylic oxidation sites excluding steroid dienone is 3. The Morgan fingerprint density at radius 3 is 2.80 bits per heavy atom. The van der Waals surface area contributed by atoms with Crippen LogP contribution in [0.2, 0.25) is 0 Å². The van der Waals surface area contributed by atoms with E-state index in [1.165, 1.54) is 19.3 Å². The number of hydrogen-bond acceptors (Lipinski definition) is 3. The summed E-state index contributed by atoms with van der Waals surface area (Å²) < 4.78 is 0. The molecule has 15 heavy (non-hydrogen) atoms. The van der Waals surface area contributed by atoms with Gasteiger partial charge in [-0.3, -0.25) is 0 Å². The highest BCUT2D eigenvalue weighted by Crippen LogP contribution is 2.32. The lowest BCUT2D eigenvalue weighted by Gasteiger charge is -2.24. The smallest absolute Gasteiger partial charge is 0.202 e. The van der Waals surface area contributed by atoms with Crippen molar-refractivity contribution in [3.05, 3.63) is 23.0 Å². The van der Waals surface area contributed by atoms with Gasteiger partial charge in [0.1, 0.15) is 0 Å².